The van der Waals surface area contributed by atoms with E-state index in [-0.39, 0.29) is 0 Å². The summed E-state index contributed by atoms with van der Waals surface area (Å²) in [4.78, 5) is 4.30. The Morgan fingerprint density at radius 3 is 3.08 bits per heavy atom. The number of rotatable bonds is 2. The van der Waals surface area contributed by atoms with Crippen LogP contribution in [-0.4, -0.2) is 15.9 Å². The normalized spacial score (nSPS) is 10.9. The van der Waals surface area contributed by atoms with Gasteiger partial charge >= 0.3 is 0 Å². The molecule has 0 unspecified atom stereocenters. The van der Waals surface area contributed by atoms with Gasteiger partial charge in [-0.15, -0.1) is 0 Å². The first kappa shape index (κ1) is 8.72. The Morgan fingerprint density at radius 2 is 2.31 bits per heavy atom. The Balaban J connectivity index is 2.64. The zero-order valence-electron chi connectivity index (χ0n) is 7.07. The first-order valence-corrected chi connectivity index (χ1v) is 4.93. The highest BCUT2D eigenvalue weighted by Gasteiger charge is 2.04. The summed E-state index contributed by atoms with van der Waals surface area (Å²) in [6, 6.07) is 6.01. The molecule has 0 amide bonds. The molecule has 0 radical (unpaired) electrons. The summed E-state index contributed by atoms with van der Waals surface area (Å²) >= 11 is 3.48. The molecule has 0 bridgehead atoms. The van der Waals surface area contributed by atoms with E-state index in [0.29, 0.717) is 6.54 Å². The number of nitrogens with zero attached hydrogens (tertiary/aromatic N) is 2. The second-order valence-electron chi connectivity index (χ2n) is 2.82. The van der Waals surface area contributed by atoms with Gasteiger partial charge in [0.05, 0.1) is 16.3 Å². The van der Waals surface area contributed by atoms with Gasteiger partial charge in [-0.2, -0.15) is 0 Å². The van der Waals surface area contributed by atoms with E-state index in [0.717, 1.165) is 22.4 Å². The number of nitrogens with two attached hydrogens (primary N) is 1. The predicted molar refractivity (Wildman–Crippen MR) is 55.7 cm³/mol. The zero-order chi connectivity index (χ0) is 9.26. The summed E-state index contributed by atoms with van der Waals surface area (Å²) in [5, 5.41) is 0. The minimum atomic E-state index is 0.625. The molecule has 13 heavy (non-hydrogen) atoms. The van der Waals surface area contributed by atoms with Crippen LogP contribution in [-0.2, 0) is 6.42 Å². The number of hydrogen-bond donors (Lipinski definition) is 1. The lowest BCUT2D eigenvalue weighted by Gasteiger charge is -2.01. The van der Waals surface area contributed by atoms with Gasteiger partial charge in [0, 0.05) is 6.42 Å². The first-order valence-electron chi connectivity index (χ1n) is 4.14. The topological polar surface area (TPSA) is 43.3 Å². The van der Waals surface area contributed by atoms with Gasteiger partial charge in [0.2, 0.25) is 0 Å². The van der Waals surface area contributed by atoms with E-state index in [9.17, 15) is 0 Å². The van der Waals surface area contributed by atoms with E-state index < -0.39 is 0 Å². The van der Waals surface area contributed by atoms with E-state index in [1.165, 1.54) is 0 Å². The van der Waals surface area contributed by atoms with Crippen LogP contribution < -0.4 is 5.73 Å². The van der Waals surface area contributed by atoms with Gasteiger partial charge < -0.3 is 5.73 Å². The molecular formula is C9H10BrN3. The average molecular weight is 240 g/mol. The lowest BCUT2D eigenvalue weighted by atomic mass is 10.4. The smallest absolute Gasteiger partial charge is 0.115 e. The van der Waals surface area contributed by atoms with Crippen molar-refractivity contribution in [3.63, 3.8) is 0 Å². The molecule has 0 aliphatic heterocycles. The van der Waals surface area contributed by atoms with Gasteiger partial charge in [-0.3, -0.25) is 4.40 Å². The zero-order valence-corrected chi connectivity index (χ0v) is 8.66. The second-order valence-corrected chi connectivity index (χ2v) is 3.63. The van der Waals surface area contributed by atoms with Crippen molar-refractivity contribution in [1.82, 2.24) is 9.38 Å². The molecule has 0 atom stereocenters. The molecule has 3 nitrogen and oxygen atoms in total. The average Bonchev–Trinajstić information content (AvgIpc) is 2.51. The van der Waals surface area contributed by atoms with Crippen LogP contribution in [0.4, 0.5) is 0 Å². The summed E-state index contributed by atoms with van der Waals surface area (Å²) in [5.74, 6) is 1.00. The molecule has 2 heterocycles. The maximum Gasteiger partial charge on any atom is 0.115 e. The van der Waals surface area contributed by atoms with Crippen molar-refractivity contribution in [2.24, 2.45) is 5.73 Å². The highest BCUT2D eigenvalue weighted by Crippen LogP contribution is 2.15. The summed E-state index contributed by atoms with van der Waals surface area (Å²) in [5.41, 5.74) is 6.59. The summed E-state index contributed by atoms with van der Waals surface area (Å²) in [6.07, 6.45) is 2.66. The van der Waals surface area contributed by atoms with Crippen LogP contribution in [0.5, 0.6) is 0 Å². The van der Waals surface area contributed by atoms with E-state index in [1.54, 1.807) is 0 Å². The van der Waals surface area contributed by atoms with Gasteiger partial charge in [0.1, 0.15) is 5.82 Å². The molecule has 2 aromatic rings. The lowest BCUT2D eigenvalue weighted by Crippen LogP contribution is -2.06. The summed E-state index contributed by atoms with van der Waals surface area (Å²) in [7, 11) is 0. The molecular weight excluding hydrogens is 230 g/mol. The molecule has 0 fully saturated rings. The molecule has 2 rings (SSSR count). The Morgan fingerprint density at radius 1 is 1.46 bits per heavy atom. The molecule has 0 aliphatic rings. The fourth-order valence-corrected chi connectivity index (χ4v) is 1.94. The highest BCUT2D eigenvalue weighted by atomic mass is 79.9. The molecule has 2 N–H and O–H groups in total. The molecule has 0 aliphatic carbocycles. The number of imidazole rings is 1. The minimum Gasteiger partial charge on any atom is -0.330 e. The van der Waals surface area contributed by atoms with Gasteiger partial charge in [-0.25, -0.2) is 4.98 Å². The van der Waals surface area contributed by atoms with Crippen molar-refractivity contribution in [3.05, 3.63) is 34.8 Å². The first-order chi connectivity index (χ1) is 6.33. The third-order valence-electron chi connectivity index (χ3n) is 1.94. The van der Waals surface area contributed by atoms with Crippen molar-refractivity contribution in [3.8, 4) is 0 Å². The largest absolute Gasteiger partial charge is 0.330 e. The Labute approximate surface area is 84.7 Å². The standard InChI is InChI=1S/C9H10BrN3/c10-8-3-1-2-7-6-12-9(4-5-11)13(7)8/h1-3,6H,4-5,11H2. The van der Waals surface area contributed by atoms with E-state index in [2.05, 4.69) is 25.3 Å². The van der Waals surface area contributed by atoms with Crippen LogP contribution in [0, 0.1) is 0 Å². The lowest BCUT2D eigenvalue weighted by molar-refractivity contribution is 0.855. The molecule has 0 spiro atoms. The molecule has 0 saturated carbocycles. The number of aromatic nitrogens is 2. The van der Waals surface area contributed by atoms with Crippen LogP contribution in [0.1, 0.15) is 5.82 Å². The van der Waals surface area contributed by atoms with Crippen molar-refractivity contribution in [2.75, 3.05) is 6.54 Å². The Kier molecular flexibility index (Phi) is 2.33. The Bertz CT molecular complexity index is 422. The maximum absolute atomic E-state index is 5.49. The van der Waals surface area contributed by atoms with E-state index in [4.69, 9.17) is 5.73 Å². The number of pyridine rings is 1. The molecule has 0 saturated heterocycles. The molecule has 0 aromatic carbocycles. The van der Waals surface area contributed by atoms with Gasteiger partial charge in [-0.1, -0.05) is 6.07 Å². The highest BCUT2D eigenvalue weighted by molar-refractivity contribution is 9.10. The van der Waals surface area contributed by atoms with Gasteiger partial charge in [0.15, 0.2) is 0 Å². The van der Waals surface area contributed by atoms with Crippen LogP contribution in [0.25, 0.3) is 5.52 Å². The monoisotopic (exact) mass is 239 g/mol. The number of halogens is 1. The van der Waals surface area contributed by atoms with Crippen LogP contribution in [0.2, 0.25) is 0 Å². The van der Waals surface area contributed by atoms with E-state index >= 15 is 0 Å². The third kappa shape index (κ3) is 1.47. The third-order valence-corrected chi connectivity index (χ3v) is 2.56. The van der Waals surface area contributed by atoms with Crippen molar-refractivity contribution in [2.45, 2.75) is 6.42 Å². The van der Waals surface area contributed by atoms with Crippen molar-refractivity contribution >= 4 is 21.4 Å². The maximum atomic E-state index is 5.49. The number of fused-ring (bicyclic) bond motifs is 1. The Hall–Kier alpha value is -0.870. The fourth-order valence-electron chi connectivity index (χ4n) is 1.38. The van der Waals surface area contributed by atoms with E-state index in [1.807, 2.05) is 24.4 Å². The summed E-state index contributed by atoms with van der Waals surface area (Å²) in [6.45, 7) is 0.625. The SMILES string of the molecule is NCCc1ncc2cccc(Br)n12. The quantitative estimate of drug-likeness (QED) is 0.810. The number of hydrogen-bond acceptors (Lipinski definition) is 2. The summed E-state index contributed by atoms with van der Waals surface area (Å²) < 4.78 is 3.08. The second kappa shape index (κ2) is 3.47. The van der Waals surface area contributed by atoms with Gasteiger partial charge in [0.25, 0.3) is 0 Å². The van der Waals surface area contributed by atoms with Crippen LogP contribution in [0.3, 0.4) is 0 Å². The van der Waals surface area contributed by atoms with Gasteiger partial charge in [-0.05, 0) is 34.6 Å². The molecule has 2 aromatic heterocycles. The van der Waals surface area contributed by atoms with Crippen LogP contribution in [0.15, 0.2) is 29.0 Å². The fraction of sp³-hybridized carbons (Fsp3) is 0.222. The molecule has 68 valence electrons. The van der Waals surface area contributed by atoms with Crippen molar-refractivity contribution in [1.29, 1.82) is 0 Å². The van der Waals surface area contributed by atoms with Crippen LogP contribution >= 0.6 is 15.9 Å². The molecule has 4 heteroatoms. The minimum absolute atomic E-state index is 0.625. The van der Waals surface area contributed by atoms with Crippen molar-refractivity contribution < 1.29 is 0 Å². The predicted octanol–water partition coefficient (Wildman–Crippen LogP) is 1.60.